The monoisotopic (exact) mass is 373 g/mol. The quantitative estimate of drug-likeness (QED) is 0.752. The van der Waals surface area contributed by atoms with Crippen molar-refractivity contribution in [2.45, 2.75) is 22.7 Å². The van der Waals surface area contributed by atoms with E-state index in [9.17, 15) is 0 Å². The molecule has 0 bridgehead atoms. The molecule has 1 heterocycles. The number of rotatable bonds is 7. The van der Waals surface area contributed by atoms with Crippen LogP contribution in [-0.4, -0.2) is 30.5 Å². The molecule has 0 radical (unpaired) electrons. The molecule has 0 aliphatic heterocycles. The Morgan fingerprint density at radius 3 is 2.95 bits per heavy atom. The van der Waals surface area contributed by atoms with Gasteiger partial charge in [-0.05, 0) is 24.6 Å². The van der Waals surface area contributed by atoms with Crippen molar-refractivity contribution in [1.82, 2.24) is 15.5 Å². The first-order chi connectivity index (χ1) is 9.69. The summed E-state index contributed by atoms with van der Waals surface area (Å²) in [7, 11) is 1.71. The van der Waals surface area contributed by atoms with Crippen molar-refractivity contribution in [2.24, 2.45) is 0 Å². The summed E-state index contributed by atoms with van der Waals surface area (Å²) >= 11 is 6.79. The Morgan fingerprint density at radius 1 is 1.40 bits per heavy atom. The van der Waals surface area contributed by atoms with E-state index in [0.29, 0.717) is 6.61 Å². The molecular formula is C13H16BrN3OS2. The molecule has 0 unspecified atom stereocenters. The summed E-state index contributed by atoms with van der Waals surface area (Å²) in [5.41, 5.74) is 1.25. The number of halogens is 1. The Hall–Kier alpha value is -0.470. The van der Waals surface area contributed by atoms with Gasteiger partial charge in [0.2, 0.25) is 0 Å². The number of aryl methyl sites for hydroxylation is 1. The molecule has 0 saturated carbocycles. The topological polar surface area (TPSA) is 47.0 Å². The van der Waals surface area contributed by atoms with Crippen molar-refractivity contribution in [3.8, 4) is 0 Å². The maximum Gasteiger partial charge on any atom is 0.179 e. The van der Waals surface area contributed by atoms with Gasteiger partial charge in [-0.2, -0.15) is 0 Å². The molecule has 0 amide bonds. The predicted molar refractivity (Wildman–Crippen MR) is 86.5 cm³/mol. The second-order valence-corrected chi connectivity index (χ2v) is 7.50. The highest BCUT2D eigenvalue weighted by molar-refractivity contribution is 9.10. The lowest BCUT2D eigenvalue weighted by molar-refractivity contribution is 0.199. The average molecular weight is 374 g/mol. The number of ether oxygens (including phenoxy) is 1. The summed E-state index contributed by atoms with van der Waals surface area (Å²) in [6.45, 7) is 4.34. The number of hydrogen-bond acceptors (Lipinski definition) is 6. The van der Waals surface area contributed by atoms with E-state index in [2.05, 4.69) is 49.6 Å². The first-order valence-corrected chi connectivity index (χ1v) is 8.57. The summed E-state index contributed by atoms with van der Waals surface area (Å²) in [6.07, 6.45) is 0. The van der Waals surface area contributed by atoms with E-state index in [1.807, 2.05) is 6.92 Å². The molecule has 1 N–H and O–H groups in total. The van der Waals surface area contributed by atoms with Crippen LogP contribution in [0.15, 0.2) is 31.9 Å². The van der Waals surface area contributed by atoms with Gasteiger partial charge in [0, 0.05) is 29.6 Å². The Labute approximate surface area is 135 Å². The number of nitrogens with one attached hydrogen (secondary N) is 1. The molecule has 0 atom stereocenters. The van der Waals surface area contributed by atoms with Crippen LogP contribution in [0.25, 0.3) is 0 Å². The van der Waals surface area contributed by atoms with Gasteiger partial charge >= 0.3 is 0 Å². The van der Waals surface area contributed by atoms with Crippen LogP contribution < -0.4 is 5.32 Å². The second kappa shape index (κ2) is 8.09. The zero-order valence-electron chi connectivity index (χ0n) is 11.4. The van der Waals surface area contributed by atoms with Gasteiger partial charge in [-0.15, -0.1) is 10.2 Å². The zero-order chi connectivity index (χ0) is 14.4. The number of methoxy groups -OCH3 is 1. The smallest absolute Gasteiger partial charge is 0.179 e. The van der Waals surface area contributed by atoms with Crippen molar-refractivity contribution >= 4 is 39.0 Å². The molecule has 1 aromatic carbocycles. The molecular weight excluding hydrogens is 358 g/mol. The fourth-order valence-corrected chi connectivity index (χ4v) is 4.03. The summed E-state index contributed by atoms with van der Waals surface area (Å²) in [5, 5.41) is 12.6. The SMILES string of the molecule is COCCNCc1ccc(Br)cc1Sc1nnc(C)s1. The van der Waals surface area contributed by atoms with E-state index in [0.717, 1.165) is 26.9 Å². The van der Waals surface area contributed by atoms with Gasteiger partial charge < -0.3 is 10.1 Å². The van der Waals surface area contributed by atoms with Crippen molar-refractivity contribution in [3.63, 3.8) is 0 Å². The van der Waals surface area contributed by atoms with E-state index < -0.39 is 0 Å². The molecule has 7 heteroatoms. The fraction of sp³-hybridized carbons (Fsp3) is 0.385. The van der Waals surface area contributed by atoms with Crippen LogP contribution in [0, 0.1) is 6.92 Å². The van der Waals surface area contributed by atoms with Gasteiger partial charge in [-0.1, -0.05) is 45.1 Å². The number of aromatic nitrogens is 2. The molecule has 108 valence electrons. The van der Waals surface area contributed by atoms with Crippen LogP contribution in [0.3, 0.4) is 0 Å². The molecule has 20 heavy (non-hydrogen) atoms. The Kier molecular flexibility index (Phi) is 6.44. The zero-order valence-corrected chi connectivity index (χ0v) is 14.6. The predicted octanol–water partition coefficient (Wildman–Crippen LogP) is 3.50. The Balaban J connectivity index is 2.07. The third-order valence-electron chi connectivity index (χ3n) is 2.53. The third-order valence-corrected chi connectivity index (χ3v) is 5.02. The Bertz CT molecular complexity index is 562. The molecule has 0 aliphatic rings. The van der Waals surface area contributed by atoms with E-state index in [-0.39, 0.29) is 0 Å². The van der Waals surface area contributed by atoms with Crippen LogP contribution in [0.1, 0.15) is 10.6 Å². The van der Waals surface area contributed by atoms with E-state index in [4.69, 9.17) is 4.74 Å². The summed E-state index contributed by atoms with van der Waals surface area (Å²) in [5.74, 6) is 0. The van der Waals surface area contributed by atoms with Crippen LogP contribution in [-0.2, 0) is 11.3 Å². The minimum absolute atomic E-state index is 0.717. The van der Waals surface area contributed by atoms with Crippen molar-refractivity contribution in [3.05, 3.63) is 33.2 Å². The number of nitrogens with zero attached hydrogens (tertiary/aromatic N) is 2. The van der Waals surface area contributed by atoms with Crippen LogP contribution in [0.4, 0.5) is 0 Å². The van der Waals surface area contributed by atoms with Gasteiger partial charge in [0.15, 0.2) is 4.34 Å². The second-order valence-electron chi connectivity index (χ2n) is 4.11. The molecule has 2 rings (SSSR count). The number of benzene rings is 1. The summed E-state index contributed by atoms with van der Waals surface area (Å²) in [6, 6.07) is 6.30. The van der Waals surface area contributed by atoms with Crippen LogP contribution in [0.2, 0.25) is 0 Å². The summed E-state index contributed by atoms with van der Waals surface area (Å²) in [4.78, 5) is 1.19. The minimum atomic E-state index is 0.717. The summed E-state index contributed by atoms with van der Waals surface area (Å²) < 4.78 is 7.08. The maximum atomic E-state index is 5.04. The lowest BCUT2D eigenvalue weighted by Gasteiger charge is -2.09. The molecule has 2 aromatic rings. The molecule has 1 aromatic heterocycles. The lowest BCUT2D eigenvalue weighted by Crippen LogP contribution is -2.18. The molecule has 0 aliphatic carbocycles. The van der Waals surface area contributed by atoms with E-state index in [1.165, 1.54) is 10.5 Å². The highest BCUT2D eigenvalue weighted by Gasteiger charge is 2.08. The van der Waals surface area contributed by atoms with Crippen molar-refractivity contribution in [1.29, 1.82) is 0 Å². The molecule has 0 spiro atoms. The van der Waals surface area contributed by atoms with Crippen LogP contribution >= 0.6 is 39.0 Å². The molecule has 0 fully saturated rings. The third kappa shape index (κ3) is 4.82. The molecule has 0 saturated heterocycles. The minimum Gasteiger partial charge on any atom is -0.383 e. The fourth-order valence-electron chi connectivity index (χ4n) is 1.58. The van der Waals surface area contributed by atoms with Crippen LogP contribution in [0.5, 0.6) is 0 Å². The van der Waals surface area contributed by atoms with Gasteiger partial charge in [0.05, 0.1) is 6.61 Å². The first kappa shape index (κ1) is 15.9. The van der Waals surface area contributed by atoms with Gasteiger partial charge in [0.25, 0.3) is 0 Å². The standard InChI is InChI=1S/C13H16BrN3OS2/c1-9-16-17-13(19-9)20-12-7-11(14)4-3-10(12)8-15-5-6-18-2/h3-4,7,15H,5-6,8H2,1-2H3. The first-order valence-electron chi connectivity index (χ1n) is 6.15. The van der Waals surface area contributed by atoms with Crippen molar-refractivity contribution in [2.75, 3.05) is 20.3 Å². The average Bonchev–Trinajstić information content (AvgIpc) is 2.82. The van der Waals surface area contributed by atoms with Gasteiger partial charge in [-0.3, -0.25) is 0 Å². The highest BCUT2D eigenvalue weighted by Crippen LogP contribution is 2.34. The highest BCUT2D eigenvalue weighted by atomic mass is 79.9. The van der Waals surface area contributed by atoms with Gasteiger partial charge in [0.1, 0.15) is 5.01 Å². The normalized spacial score (nSPS) is 10.9. The maximum absolute atomic E-state index is 5.04. The largest absolute Gasteiger partial charge is 0.383 e. The van der Waals surface area contributed by atoms with E-state index >= 15 is 0 Å². The lowest BCUT2D eigenvalue weighted by atomic mass is 10.2. The van der Waals surface area contributed by atoms with Crippen molar-refractivity contribution < 1.29 is 4.74 Å². The molecule has 4 nitrogen and oxygen atoms in total. The Morgan fingerprint density at radius 2 is 2.25 bits per heavy atom. The van der Waals surface area contributed by atoms with E-state index in [1.54, 1.807) is 30.2 Å². The number of hydrogen-bond donors (Lipinski definition) is 1. The van der Waals surface area contributed by atoms with Gasteiger partial charge in [-0.25, -0.2) is 0 Å².